The summed E-state index contributed by atoms with van der Waals surface area (Å²) in [5.41, 5.74) is 8.29. The molecule has 0 atom stereocenters. The Kier molecular flexibility index (Phi) is 2.62. The van der Waals surface area contributed by atoms with Gasteiger partial charge in [-0.15, -0.1) is 22.6 Å². The Morgan fingerprint density at radius 2 is 1.50 bits per heavy atom. The number of nitrogens with zero attached hydrogens (tertiary/aromatic N) is 2. The number of hydrogen-bond acceptors (Lipinski definition) is 3. The summed E-state index contributed by atoms with van der Waals surface area (Å²) in [5.74, 6) is 0. The molecule has 0 aliphatic heterocycles. The zero-order chi connectivity index (χ0) is 10.3. The van der Waals surface area contributed by atoms with Crippen LogP contribution in [0.3, 0.4) is 0 Å². The van der Waals surface area contributed by atoms with Crippen molar-refractivity contribution >= 4 is 39.9 Å². The first kappa shape index (κ1) is 10.6. The maximum absolute atomic E-state index is 5.77. The van der Waals surface area contributed by atoms with E-state index in [1.54, 1.807) is 0 Å². The minimum Gasteiger partial charge on any atom is -0.399 e. The molecule has 80 valence electrons. The monoisotopic (exact) mass is 231 g/mol. The lowest BCUT2D eigenvalue weighted by Crippen LogP contribution is -1.89. The average molecular weight is 232 g/mol. The van der Waals surface area contributed by atoms with E-state index in [1.807, 2.05) is 42.5 Å². The Bertz CT molecular complexity index is 652. The standard InChI is InChI=1S/C12H9N3.ClH/c13-8-5-6-12-10(7-8)9-3-1-2-4-11(9)14-15-12;/h1-7H,13H2;1H. The van der Waals surface area contributed by atoms with Crippen LogP contribution < -0.4 is 5.73 Å². The minimum absolute atomic E-state index is 0. The maximum Gasteiger partial charge on any atom is 0.0937 e. The molecule has 1 aromatic heterocycles. The summed E-state index contributed by atoms with van der Waals surface area (Å²) >= 11 is 0. The second-order valence-corrected chi connectivity index (χ2v) is 3.49. The number of nitrogen functional groups attached to an aromatic ring is 1. The number of aromatic nitrogens is 2. The van der Waals surface area contributed by atoms with E-state index in [0.29, 0.717) is 0 Å². The fraction of sp³-hybridized carbons (Fsp3) is 0. The normalized spacial score (nSPS) is 10.2. The molecule has 3 rings (SSSR count). The Labute approximate surface area is 98.7 Å². The molecule has 0 saturated heterocycles. The summed E-state index contributed by atoms with van der Waals surface area (Å²) in [6, 6.07) is 13.6. The quantitative estimate of drug-likeness (QED) is 0.478. The van der Waals surface area contributed by atoms with E-state index in [1.165, 1.54) is 0 Å². The smallest absolute Gasteiger partial charge is 0.0937 e. The SMILES string of the molecule is Cl.Nc1ccc2nnc3ccccc3c2c1. The molecule has 3 aromatic rings. The van der Waals surface area contributed by atoms with E-state index in [4.69, 9.17) is 5.73 Å². The molecule has 0 radical (unpaired) electrons. The van der Waals surface area contributed by atoms with Crippen LogP contribution in [0.5, 0.6) is 0 Å². The Morgan fingerprint density at radius 1 is 0.812 bits per heavy atom. The molecule has 0 amide bonds. The highest BCUT2D eigenvalue weighted by Crippen LogP contribution is 2.23. The molecule has 2 N–H and O–H groups in total. The third kappa shape index (κ3) is 1.55. The molecule has 0 aliphatic carbocycles. The number of hydrogen-bond donors (Lipinski definition) is 1. The first-order chi connectivity index (χ1) is 7.34. The third-order valence-corrected chi connectivity index (χ3v) is 2.48. The van der Waals surface area contributed by atoms with Gasteiger partial charge in [-0.1, -0.05) is 18.2 Å². The van der Waals surface area contributed by atoms with Crippen molar-refractivity contribution in [3.05, 3.63) is 42.5 Å². The van der Waals surface area contributed by atoms with Gasteiger partial charge in [-0.05, 0) is 24.3 Å². The van der Waals surface area contributed by atoms with Crippen molar-refractivity contribution in [3.8, 4) is 0 Å². The van der Waals surface area contributed by atoms with Crippen LogP contribution in [-0.4, -0.2) is 10.2 Å². The number of nitrogens with two attached hydrogens (primary N) is 1. The molecule has 0 aliphatic rings. The molecule has 1 heterocycles. The molecule has 3 nitrogen and oxygen atoms in total. The largest absolute Gasteiger partial charge is 0.399 e. The number of halogens is 1. The lowest BCUT2D eigenvalue weighted by atomic mass is 10.1. The predicted molar refractivity (Wildman–Crippen MR) is 68.7 cm³/mol. The van der Waals surface area contributed by atoms with E-state index >= 15 is 0 Å². The fourth-order valence-electron chi connectivity index (χ4n) is 1.75. The van der Waals surface area contributed by atoms with Gasteiger partial charge in [0.15, 0.2) is 0 Å². The molecule has 0 unspecified atom stereocenters. The number of anilines is 1. The van der Waals surface area contributed by atoms with E-state index in [-0.39, 0.29) is 12.4 Å². The highest BCUT2D eigenvalue weighted by atomic mass is 35.5. The van der Waals surface area contributed by atoms with Crippen molar-refractivity contribution in [1.29, 1.82) is 0 Å². The summed E-state index contributed by atoms with van der Waals surface area (Å²) in [6.07, 6.45) is 0. The van der Waals surface area contributed by atoms with Crippen LogP contribution in [0.2, 0.25) is 0 Å². The zero-order valence-corrected chi connectivity index (χ0v) is 9.24. The number of fused-ring (bicyclic) bond motifs is 3. The van der Waals surface area contributed by atoms with E-state index < -0.39 is 0 Å². The first-order valence-electron chi connectivity index (χ1n) is 4.75. The van der Waals surface area contributed by atoms with Gasteiger partial charge in [0, 0.05) is 16.5 Å². The van der Waals surface area contributed by atoms with Crippen LogP contribution in [0, 0.1) is 0 Å². The average Bonchev–Trinajstić information content (AvgIpc) is 2.29. The molecular formula is C12H10ClN3. The van der Waals surface area contributed by atoms with Crippen molar-refractivity contribution in [2.45, 2.75) is 0 Å². The second-order valence-electron chi connectivity index (χ2n) is 3.49. The van der Waals surface area contributed by atoms with Crippen LogP contribution in [0.4, 0.5) is 5.69 Å². The molecule has 16 heavy (non-hydrogen) atoms. The van der Waals surface area contributed by atoms with E-state index in [9.17, 15) is 0 Å². The highest BCUT2D eigenvalue weighted by Gasteiger charge is 2.02. The van der Waals surface area contributed by atoms with Crippen molar-refractivity contribution in [2.24, 2.45) is 0 Å². The summed E-state index contributed by atoms with van der Waals surface area (Å²) in [7, 11) is 0. The van der Waals surface area contributed by atoms with Crippen LogP contribution >= 0.6 is 12.4 Å². The molecule has 0 spiro atoms. The molecule has 2 aromatic carbocycles. The Balaban J connectivity index is 0.000000963. The van der Waals surface area contributed by atoms with Crippen molar-refractivity contribution in [1.82, 2.24) is 10.2 Å². The van der Waals surface area contributed by atoms with Crippen molar-refractivity contribution in [2.75, 3.05) is 5.73 Å². The fourth-order valence-corrected chi connectivity index (χ4v) is 1.75. The van der Waals surface area contributed by atoms with Crippen LogP contribution in [0.1, 0.15) is 0 Å². The molecule has 0 saturated carbocycles. The lowest BCUT2D eigenvalue weighted by molar-refractivity contribution is 1.12. The van der Waals surface area contributed by atoms with Crippen molar-refractivity contribution in [3.63, 3.8) is 0 Å². The van der Waals surface area contributed by atoms with Gasteiger partial charge in [-0.2, -0.15) is 0 Å². The van der Waals surface area contributed by atoms with Crippen LogP contribution in [0.25, 0.3) is 21.8 Å². The molecule has 0 fully saturated rings. The van der Waals surface area contributed by atoms with Crippen LogP contribution in [0.15, 0.2) is 42.5 Å². The van der Waals surface area contributed by atoms with Gasteiger partial charge >= 0.3 is 0 Å². The van der Waals surface area contributed by atoms with Gasteiger partial charge in [-0.3, -0.25) is 0 Å². The maximum atomic E-state index is 5.77. The first-order valence-corrected chi connectivity index (χ1v) is 4.75. The third-order valence-electron chi connectivity index (χ3n) is 2.48. The van der Waals surface area contributed by atoms with Gasteiger partial charge in [-0.25, -0.2) is 0 Å². The van der Waals surface area contributed by atoms with Gasteiger partial charge in [0.05, 0.1) is 11.0 Å². The summed E-state index contributed by atoms with van der Waals surface area (Å²) in [6.45, 7) is 0. The topological polar surface area (TPSA) is 51.8 Å². The predicted octanol–water partition coefficient (Wildman–Crippen LogP) is 2.79. The van der Waals surface area contributed by atoms with Gasteiger partial charge < -0.3 is 5.73 Å². The van der Waals surface area contributed by atoms with Gasteiger partial charge in [0.2, 0.25) is 0 Å². The zero-order valence-electron chi connectivity index (χ0n) is 8.42. The van der Waals surface area contributed by atoms with Crippen molar-refractivity contribution < 1.29 is 0 Å². The molecule has 0 bridgehead atoms. The minimum atomic E-state index is 0. The van der Waals surface area contributed by atoms with E-state index in [0.717, 1.165) is 27.5 Å². The Hall–Kier alpha value is -1.87. The molecule has 4 heteroatoms. The van der Waals surface area contributed by atoms with Gasteiger partial charge in [0.25, 0.3) is 0 Å². The second kappa shape index (κ2) is 3.94. The van der Waals surface area contributed by atoms with Gasteiger partial charge in [0.1, 0.15) is 0 Å². The lowest BCUT2D eigenvalue weighted by Gasteiger charge is -2.02. The summed E-state index contributed by atoms with van der Waals surface area (Å²) < 4.78 is 0. The van der Waals surface area contributed by atoms with E-state index in [2.05, 4.69) is 10.2 Å². The number of benzene rings is 2. The highest BCUT2D eigenvalue weighted by molar-refractivity contribution is 6.04. The summed E-state index contributed by atoms with van der Waals surface area (Å²) in [5, 5.41) is 10.4. The molecular weight excluding hydrogens is 222 g/mol. The number of rotatable bonds is 0. The van der Waals surface area contributed by atoms with Crippen LogP contribution in [-0.2, 0) is 0 Å². The Morgan fingerprint density at radius 3 is 2.31 bits per heavy atom. The summed E-state index contributed by atoms with van der Waals surface area (Å²) in [4.78, 5) is 0.